The Labute approximate surface area is 146 Å². The number of aryl methyl sites for hydroxylation is 2. The predicted molar refractivity (Wildman–Crippen MR) is 100 cm³/mol. The molecule has 1 fully saturated rings. The summed E-state index contributed by atoms with van der Waals surface area (Å²) in [6.07, 6.45) is 4.55. The standard InChI is InChI=1S/C18H34N6/c1-6-16-15(17(7-2)23(5)22-16)13-21-18(19-4)20-12-14-10-9-11-24(14)8-3/h14H,6-13H2,1-5H3,(H2,19,20,21). The van der Waals surface area contributed by atoms with Crippen molar-refractivity contribution in [3.63, 3.8) is 0 Å². The molecule has 1 saturated heterocycles. The van der Waals surface area contributed by atoms with Gasteiger partial charge in [0.15, 0.2) is 5.96 Å². The van der Waals surface area contributed by atoms with Gasteiger partial charge in [0.1, 0.15) is 0 Å². The zero-order valence-corrected chi connectivity index (χ0v) is 16.0. The van der Waals surface area contributed by atoms with Gasteiger partial charge < -0.3 is 10.6 Å². The van der Waals surface area contributed by atoms with Crippen molar-refractivity contribution in [3.8, 4) is 0 Å². The highest BCUT2D eigenvalue weighted by Crippen LogP contribution is 2.16. The van der Waals surface area contributed by atoms with Gasteiger partial charge in [-0.05, 0) is 38.8 Å². The third kappa shape index (κ3) is 4.29. The second-order valence-corrected chi connectivity index (χ2v) is 6.43. The molecule has 0 amide bonds. The Bertz CT molecular complexity index is 548. The summed E-state index contributed by atoms with van der Waals surface area (Å²) in [5.41, 5.74) is 3.81. The Kier molecular flexibility index (Phi) is 7.09. The minimum absolute atomic E-state index is 0.629. The maximum absolute atomic E-state index is 4.64. The molecule has 1 aromatic heterocycles. The molecule has 2 N–H and O–H groups in total. The first-order chi connectivity index (χ1) is 11.6. The van der Waals surface area contributed by atoms with E-state index in [9.17, 15) is 0 Å². The Balaban J connectivity index is 1.92. The van der Waals surface area contributed by atoms with E-state index in [1.54, 1.807) is 0 Å². The lowest BCUT2D eigenvalue weighted by atomic mass is 10.1. The Morgan fingerprint density at radius 2 is 2.04 bits per heavy atom. The molecule has 0 radical (unpaired) electrons. The minimum atomic E-state index is 0.629. The second-order valence-electron chi connectivity index (χ2n) is 6.43. The van der Waals surface area contributed by atoms with Crippen molar-refractivity contribution >= 4 is 5.96 Å². The van der Waals surface area contributed by atoms with Gasteiger partial charge in [-0.3, -0.25) is 14.6 Å². The fraction of sp³-hybridized carbons (Fsp3) is 0.778. The van der Waals surface area contributed by atoms with E-state index in [2.05, 4.69) is 46.4 Å². The van der Waals surface area contributed by atoms with Crippen molar-refractivity contribution < 1.29 is 0 Å². The molecule has 0 aromatic carbocycles. The molecule has 1 unspecified atom stereocenters. The van der Waals surface area contributed by atoms with Crippen molar-refractivity contribution in [2.75, 3.05) is 26.7 Å². The molecule has 24 heavy (non-hydrogen) atoms. The van der Waals surface area contributed by atoms with Crippen LogP contribution in [0.5, 0.6) is 0 Å². The van der Waals surface area contributed by atoms with Crippen LogP contribution in [0.2, 0.25) is 0 Å². The SMILES string of the molecule is CCc1nn(C)c(CC)c1CNC(=NC)NCC1CCCN1CC. The van der Waals surface area contributed by atoms with Gasteiger partial charge in [-0.1, -0.05) is 20.8 Å². The van der Waals surface area contributed by atoms with Crippen LogP contribution in [-0.2, 0) is 26.4 Å². The zero-order valence-electron chi connectivity index (χ0n) is 16.0. The van der Waals surface area contributed by atoms with E-state index < -0.39 is 0 Å². The largest absolute Gasteiger partial charge is 0.355 e. The smallest absolute Gasteiger partial charge is 0.191 e. The maximum atomic E-state index is 4.64. The van der Waals surface area contributed by atoms with Gasteiger partial charge in [0.25, 0.3) is 0 Å². The second kappa shape index (κ2) is 9.06. The van der Waals surface area contributed by atoms with Crippen molar-refractivity contribution in [1.29, 1.82) is 0 Å². The van der Waals surface area contributed by atoms with Gasteiger partial charge in [0.2, 0.25) is 0 Å². The number of likely N-dealkylation sites (N-methyl/N-ethyl adjacent to an activating group) is 1. The number of nitrogens with one attached hydrogen (secondary N) is 2. The summed E-state index contributed by atoms with van der Waals surface area (Å²) in [4.78, 5) is 6.93. The van der Waals surface area contributed by atoms with Gasteiger partial charge in [-0.2, -0.15) is 5.10 Å². The lowest BCUT2D eigenvalue weighted by Gasteiger charge is -2.24. The van der Waals surface area contributed by atoms with E-state index >= 15 is 0 Å². The van der Waals surface area contributed by atoms with Crippen LogP contribution in [0.15, 0.2) is 4.99 Å². The summed E-state index contributed by atoms with van der Waals surface area (Å²) in [5, 5.41) is 11.6. The molecule has 0 saturated carbocycles. The van der Waals surface area contributed by atoms with Crippen LogP contribution in [0.3, 0.4) is 0 Å². The van der Waals surface area contributed by atoms with Crippen molar-refractivity contribution in [2.24, 2.45) is 12.0 Å². The molecule has 1 aliphatic heterocycles. The lowest BCUT2D eigenvalue weighted by molar-refractivity contribution is 0.267. The van der Waals surface area contributed by atoms with Crippen LogP contribution in [-0.4, -0.2) is 53.4 Å². The van der Waals surface area contributed by atoms with Crippen molar-refractivity contribution in [3.05, 3.63) is 17.0 Å². The summed E-state index contributed by atoms with van der Waals surface area (Å²) in [7, 11) is 3.88. The maximum Gasteiger partial charge on any atom is 0.191 e. The summed E-state index contributed by atoms with van der Waals surface area (Å²) in [6.45, 7) is 10.7. The van der Waals surface area contributed by atoms with Gasteiger partial charge >= 0.3 is 0 Å². The van der Waals surface area contributed by atoms with Crippen LogP contribution < -0.4 is 10.6 Å². The summed E-state index contributed by atoms with van der Waals surface area (Å²) in [5.74, 6) is 0.880. The van der Waals surface area contributed by atoms with Crippen LogP contribution >= 0.6 is 0 Å². The molecule has 0 aliphatic carbocycles. The topological polar surface area (TPSA) is 57.5 Å². The quantitative estimate of drug-likeness (QED) is 0.589. The number of nitrogens with zero attached hydrogens (tertiary/aromatic N) is 4. The van der Waals surface area contributed by atoms with Crippen LogP contribution in [0.25, 0.3) is 0 Å². The van der Waals surface area contributed by atoms with Crippen molar-refractivity contribution in [1.82, 2.24) is 25.3 Å². The van der Waals surface area contributed by atoms with E-state index in [-0.39, 0.29) is 0 Å². The predicted octanol–water partition coefficient (Wildman–Crippen LogP) is 1.69. The molecule has 2 heterocycles. The normalized spacial score (nSPS) is 19.0. The first-order valence-electron chi connectivity index (χ1n) is 9.36. The van der Waals surface area contributed by atoms with E-state index in [1.165, 1.54) is 36.3 Å². The van der Waals surface area contributed by atoms with Gasteiger partial charge in [0, 0.05) is 44.5 Å². The van der Waals surface area contributed by atoms with Crippen LogP contribution in [0, 0.1) is 0 Å². The Hall–Kier alpha value is -1.56. The number of guanidine groups is 1. The minimum Gasteiger partial charge on any atom is -0.355 e. The summed E-state index contributed by atoms with van der Waals surface area (Å²) in [6, 6.07) is 0.629. The summed E-state index contributed by atoms with van der Waals surface area (Å²) < 4.78 is 2.02. The molecule has 1 atom stereocenters. The molecular formula is C18H34N6. The molecule has 2 rings (SSSR count). The van der Waals surface area contributed by atoms with Crippen LogP contribution in [0.1, 0.15) is 50.6 Å². The third-order valence-corrected chi connectivity index (χ3v) is 5.09. The monoisotopic (exact) mass is 334 g/mol. The zero-order chi connectivity index (χ0) is 17.5. The highest BCUT2D eigenvalue weighted by Gasteiger charge is 2.22. The number of hydrogen-bond donors (Lipinski definition) is 2. The van der Waals surface area contributed by atoms with Gasteiger partial charge in [0.05, 0.1) is 5.69 Å². The number of aromatic nitrogens is 2. The molecule has 6 nitrogen and oxygen atoms in total. The number of hydrogen-bond acceptors (Lipinski definition) is 3. The summed E-state index contributed by atoms with van der Waals surface area (Å²) >= 11 is 0. The van der Waals surface area contributed by atoms with Crippen LogP contribution in [0.4, 0.5) is 0 Å². The first-order valence-corrected chi connectivity index (χ1v) is 9.36. The van der Waals surface area contributed by atoms with Gasteiger partial charge in [-0.25, -0.2) is 0 Å². The van der Waals surface area contributed by atoms with Gasteiger partial charge in [-0.15, -0.1) is 0 Å². The molecule has 0 bridgehead atoms. The average Bonchev–Trinajstić information content (AvgIpc) is 3.18. The van der Waals surface area contributed by atoms with E-state index in [0.717, 1.165) is 38.4 Å². The molecular weight excluding hydrogens is 300 g/mol. The fourth-order valence-corrected chi connectivity index (χ4v) is 3.74. The molecule has 1 aliphatic rings. The molecule has 6 heteroatoms. The number of aliphatic imine (C=N–C) groups is 1. The van der Waals surface area contributed by atoms with E-state index in [1.807, 2.05) is 18.8 Å². The lowest BCUT2D eigenvalue weighted by Crippen LogP contribution is -2.44. The fourth-order valence-electron chi connectivity index (χ4n) is 3.74. The molecule has 136 valence electrons. The third-order valence-electron chi connectivity index (χ3n) is 5.09. The average molecular weight is 335 g/mol. The van der Waals surface area contributed by atoms with E-state index in [0.29, 0.717) is 6.04 Å². The first kappa shape index (κ1) is 18.8. The number of rotatable bonds is 7. The Morgan fingerprint density at radius 3 is 2.67 bits per heavy atom. The van der Waals surface area contributed by atoms with E-state index in [4.69, 9.17) is 0 Å². The molecule has 0 spiro atoms. The Morgan fingerprint density at radius 1 is 1.25 bits per heavy atom. The molecule has 1 aromatic rings. The highest BCUT2D eigenvalue weighted by atomic mass is 15.3. The van der Waals surface area contributed by atoms with Crippen molar-refractivity contribution in [2.45, 2.75) is 59.0 Å². The number of likely N-dealkylation sites (tertiary alicyclic amines) is 1. The highest BCUT2D eigenvalue weighted by molar-refractivity contribution is 5.79.